The van der Waals surface area contributed by atoms with E-state index in [1.165, 1.54) is 5.01 Å². The standard InChI is InChI=1S/C17H22N4O2/c1-11(10-22)14-8-16(18)17(20-9-14)21(19)15-5-3-13(4-6-15)7-12(2)23/h3-6,8-12,23H,7,18-19H2,1-2H3/t11?,12-/m0/s1. The number of hydrazine groups is 1. The minimum absolute atomic E-state index is 0.259. The molecule has 23 heavy (non-hydrogen) atoms. The number of aliphatic hydroxyl groups excluding tert-OH is 1. The van der Waals surface area contributed by atoms with E-state index in [2.05, 4.69) is 4.98 Å². The molecule has 0 bridgehead atoms. The number of aromatic nitrogens is 1. The summed E-state index contributed by atoms with van der Waals surface area (Å²) in [6.07, 6.45) is 2.65. The summed E-state index contributed by atoms with van der Waals surface area (Å²) < 4.78 is 0. The topological polar surface area (TPSA) is 105 Å². The average molecular weight is 314 g/mol. The van der Waals surface area contributed by atoms with Gasteiger partial charge >= 0.3 is 0 Å². The SMILES string of the molecule is CC(C=O)c1cnc(N(N)c2ccc(C[C@H](C)O)cc2)c(N)c1. The van der Waals surface area contributed by atoms with Crippen molar-refractivity contribution in [2.24, 2.45) is 5.84 Å². The molecule has 0 amide bonds. The van der Waals surface area contributed by atoms with Gasteiger partial charge in [0.05, 0.1) is 17.5 Å². The van der Waals surface area contributed by atoms with Crippen LogP contribution in [0.15, 0.2) is 36.5 Å². The highest BCUT2D eigenvalue weighted by Crippen LogP contribution is 2.27. The molecule has 6 heteroatoms. The van der Waals surface area contributed by atoms with Crippen molar-refractivity contribution in [3.05, 3.63) is 47.7 Å². The van der Waals surface area contributed by atoms with E-state index < -0.39 is 0 Å². The first kappa shape index (κ1) is 16.9. The molecule has 0 radical (unpaired) electrons. The van der Waals surface area contributed by atoms with E-state index in [1.54, 1.807) is 26.1 Å². The summed E-state index contributed by atoms with van der Waals surface area (Å²) in [5.74, 6) is 6.27. The van der Waals surface area contributed by atoms with Gasteiger partial charge in [0.2, 0.25) is 0 Å². The molecule has 2 aromatic rings. The molecule has 1 aromatic carbocycles. The van der Waals surface area contributed by atoms with Crippen LogP contribution < -0.4 is 16.6 Å². The molecule has 2 rings (SSSR count). The number of nitrogens with zero attached hydrogens (tertiary/aromatic N) is 2. The summed E-state index contributed by atoms with van der Waals surface area (Å²) in [6, 6.07) is 9.21. The van der Waals surface area contributed by atoms with Gasteiger partial charge in [0, 0.05) is 12.1 Å². The molecule has 122 valence electrons. The number of benzene rings is 1. The second-order valence-corrected chi connectivity index (χ2v) is 5.70. The summed E-state index contributed by atoms with van der Waals surface area (Å²) in [6.45, 7) is 3.53. The molecule has 5 N–H and O–H groups in total. The number of aliphatic hydroxyl groups is 1. The maximum absolute atomic E-state index is 10.8. The van der Waals surface area contributed by atoms with Crippen molar-refractivity contribution in [3.63, 3.8) is 0 Å². The lowest BCUT2D eigenvalue weighted by Crippen LogP contribution is -2.27. The Morgan fingerprint density at radius 1 is 1.30 bits per heavy atom. The smallest absolute Gasteiger partial charge is 0.170 e. The minimum Gasteiger partial charge on any atom is -0.396 e. The summed E-state index contributed by atoms with van der Waals surface area (Å²) in [5.41, 5.74) is 8.93. The molecule has 6 nitrogen and oxygen atoms in total. The van der Waals surface area contributed by atoms with E-state index >= 15 is 0 Å². The average Bonchev–Trinajstić information content (AvgIpc) is 2.53. The number of pyridine rings is 1. The van der Waals surface area contributed by atoms with E-state index in [4.69, 9.17) is 11.6 Å². The zero-order valence-electron chi connectivity index (χ0n) is 13.3. The van der Waals surface area contributed by atoms with Crippen LogP contribution in [0.5, 0.6) is 0 Å². The van der Waals surface area contributed by atoms with E-state index in [0.717, 1.165) is 23.1 Å². The lowest BCUT2D eigenvalue weighted by atomic mass is 10.0. The van der Waals surface area contributed by atoms with Crippen molar-refractivity contribution in [2.45, 2.75) is 32.3 Å². The van der Waals surface area contributed by atoms with Crippen molar-refractivity contribution < 1.29 is 9.90 Å². The Bertz CT molecular complexity index is 671. The number of nitrogens with two attached hydrogens (primary N) is 2. The predicted octanol–water partition coefficient (Wildman–Crippen LogP) is 1.90. The van der Waals surface area contributed by atoms with Crippen LogP contribution in [-0.2, 0) is 11.2 Å². The molecule has 0 saturated heterocycles. The molecular formula is C17H22N4O2. The summed E-state index contributed by atoms with van der Waals surface area (Å²) >= 11 is 0. The molecule has 0 aliphatic rings. The molecule has 0 fully saturated rings. The van der Waals surface area contributed by atoms with Crippen molar-refractivity contribution in [2.75, 3.05) is 10.7 Å². The maximum atomic E-state index is 10.8. The van der Waals surface area contributed by atoms with Gasteiger partial charge in [0.15, 0.2) is 5.82 Å². The molecule has 0 spiro atoms. The van der Waals surface area contributed by atoms with Gasteiger partial charge in [0.1, 0.15) is 6.29 Å². The zero-order chi connectivity index (χ0) is 17.0. The number of anilines is 3. The highest BCUT2D eigenvalue weighted by atomic mass is 16.3. The van der Waals surface area contributed by atoms with Gasteiger partial charge in [-0.2, -0.15) is 0 Å². The molecule has 0 saturated carbocycles. The van der Waals surface area contributed by atoms with Crippen LogP contribution in [0.1, 0.15) is 30.9 Å². The fraction of sp³-hybridized carbons (Fsp3) is 0.294. The Kier molecular flexibility index (Phi) is 5.31. The molecule has 0 aliphatic heterocycles. The van der Waals surface area contributed by atoms with Crippen LogP contribution >= 0.6 is 0 Å². The van der Waals surface area contributed by atoms with Gasteiger partial charge in [-0.15, -0.1) is 0 Å². The van der Waals surface area contributed by atoms with Gasteiger partial charge in [0.25, 0.3) is 0 Å². The lowest BCUT2D eigenvalue weighted by Gasteiger charge is -2.20. The molecule has 0 aliphatic carbocycles. The third-order valence-corrected chi connectivity index (χ3v) is 3.62. The van der Waals surface area contributed by atoms with Crippen LogP contribution in [0.3, 0.4) is 0 Å². The number of carbonyl (C=O) groups excluding carboxylic acids is 1. The quantitative estimate of drug-likeness (QED) is 0.427. The summed E-state index contributed by atoms with van der Waals surface area (Å²) in [7, 11) is 0. The second-order valence-electron chi connectivity index (χ2n) is 5.70. The highest BCUT2D eigenvalue weighted by molar-refractivity contribution is 5.72. The fourth-order valence-corrected chi connectivity index (χ4v) is 2.28. The van der Waals surface area contributed by atoms with Gasteiger partial charge in [-0.3, -0.25) is 5.01 Å². The van der Waals surface area contributed by atoms with Crippen LogP contribution in [0, 0.1) is 0 Å². The van der Waals surface area contributed by atoms with Gasteiger partial charge in [-0.25, -0.2) is 10.8 Å². The second kappa shape index (κ2) is 7.21. The Hall–Kier alpha value is -2.44. The Labute approximate surface area is 135 Å². The number of nitrogen functional groups attached to an aromatic ring is 1. The normalized spacial score (nSPS) is 13.4. The maximum Gasteiger partial charge on any atom is 0.170 e. The Morgan fingerprint density at radius 2 is 1.96 bits per heavy atom. The molecular weight excluding hydrogens is 292 g/mol. The minimum atomic E-state index is -0.389. The van der Waals surface area contributed by atoms with Gasteiger partial charge in [-0.05, 0) is 42.7 Å². The first-order valence-corrected chi connectivity index (χ1v) is 7.45. The van der Waals surface area contributed by atoms with Crippen LogP contribution in [0.2, 0.25) is 0 Å². The van der Waals surface area contributed by atoms with E-state index in [1.807, 2.05) is 24.3 Å². The molecule has 1 heterocycles. The van der Waals surface area contributed by atoms with Gasteiger partial charge < -0.3 is 15.6 Å². The van der Waals surface area contributed by atoms with Crippen molar-refractivity contribution in [3.8, 4) is 0 Å². The third kappa shape index (κ3) is 4.06. The van der Waals surface area contributed by atoms with Crippen LogP contribution in [0.4, 0.5) is 17.2 Å². The number of hydrogen-bond donors (Lipinski definition) is 3. The van der Waals surface area contributed by atoms with Crippen molar-refractivity contribution in [1.29, 1.82) is 0 Å². The predicted molar refractivity (Wildman–Crippen MR) is 91.3 cm³/mol. The first-order valence-electron chi connectivity index (χ1n) is 7.45. The van der Waals surface area contributed by atoms with Gasteiger partial charge in [-0.1, -0.05) is 19.1 Å². The molecule has 1 aromatic heterocycles. The number of rotatable bonds is 6. The Morgan fingerprint density at radius 3 is 2.48 bits per heavy atom. The number of hydrogen-bond acceptors (Lipinski definition) is 6. The van der Waals surface area contributed by atoms with Crippen molar-refractivity contribution >= 4 is 23.5 Å². The third-order valence-electron chi connectivity index (χ3n) is 3.62. The van der Waals surface area contributed by atoms with E-state index in [-0.39, 0.29) is 12.0 Å². The molecule has 1 unspecified atom stereocenters. The highest BCUT2D eigenvalue weighted by Gasteiger charge is 2.13. The number of carbonyl (C=O) groups is 1. The largest absolute Gasteiger partial charge is 0.396 e. The Balaban J connectivity index is 2.22. The monoisotopic (exact) mass is 314 g/mol. The van der Waals surface area contributed by atoms with Crippen LogP contribution in [0.25, 0.3) is 0 Å². The molecule has 2 atom stereocenters. The first-order chi connectivity index (χ1) is 10.9. The fourth-order valence-electron chi connectivity index (χ4n) is 2.28. The van der Waals surface area contributed by atoms with E-state index in [0.29, 0.717) is 17.9 Å². The summed E-state index contributed by atoms with van der Waals surface area (Å²) in [4.78, 5) is 15.1. The van der Waals surface area contributed by atoms with E-state index in [9.17, 15) is 9.90 Å². The summed E-state index contributed by atoms with van der Waals surface area (Å²) in [5, 5.41) is 10.8. The van der Waals surface area contributed by atoms with Crippen LogP contribution in [-0.4, -0.2) is 22.5 Å². The lowest BCUT2D eigenvalue weighted by molar-refractivity contribution is -0.108. The van der Waals surface area contributed by atoms with Crippen molar-refractivity contribution in [1.82, 2.24) is 4.98 Å². The number of aldehydes is 1. The zero-order valence-corrected chi connectivity index (χ0v) is 13.3.